The number of aromatic nitrogens is 1. The van der Waals surface area contributed by atoms with E-state index in [1.54, 1.807) is 30.9 Å². The van der Waals surface area contributed by atoms with Crippen molar-refractivity contribution >= 4 is 34.5 Å². The quantitative estimate of drug-likeness (QED) is 0.351. The van der Waals surface area contributed by atoms with Crippen LogP contribution < -0.4 is 34.0 Å². The number of carbonyl (C=O) groups excluding carboxylic acids is 2. The van der Waals surface area contributed by atoms with Crippen molar-refractivity contribution in [3.63, 3.8) is 0 Å². The number of nitrogens with zero attached hydrogens (tertiary/aromatic N) is 3. The van der Waals surface area contributed by atoms with Gasteiger partial charge in [-0.2, -0.15) is 0 Å². The number of methoxy groups -OCH3 is 3. The number of allylic oxidation sites excluding steroid dienone is 1. The maximum absolute atomic E-state index is 14.4. The first kappa shape index (κ1) is 29.1. The SMILES string of the molecule is CCCCN1C(=O)/C(=c2/sc3n(c2=O)C(c2cc(OC)c(OC)c(OC)c2)C(C(=O)OCC)=C(C)N=3)c2ccccc21. The number of anilines is 1. The Morgan fingerprint density at radius 1 is 1.02 bits per heavy atom. The van der Waals surface area contributed by atoms with Crippen molar-refractivity contribution < 1.29 is 28.5 Å². The van der Waals surface area contributed by atoms with Crippen LogP contribution in [0.25, 0.3) is 5.57 Å². The van der Waals surface area contributed by atoms with Crippen molar-refractivity contribution in [1.29, 1.82) is 0 Å². The van der Waals surface area contributed by atoms with Crippen LogP contribution in [0.3, 0.4) is 0 Å². The number of hydrogen-bond donors (Lipinski definition) is 0. The second kappa shape index (κ2) is 11.8. The highest BCUT2D eigenvalue weighted by Gasteiger charge is 2.38. The van der Waals surface area contributed by atoms with E-state index in [1.807, 2.05) is 24.3 Å². The lowest BCUT2D eigenvalue weighted by Crippen LogP contribution is -2.41. The number of hydrogen-bond acceptors (Lipinski definition) is 9. The molecule has 0 radical (unpaired) electrons. The number of amides is 1. The molecule has 0 fully saturated rings. The lowest BCUT2D eigenvalue weighted by atomic mass is 9.95. The van der Waals surface area contributed by atoms with Gasteiger partial charge >= 0.3 is 5.97 Å². The Labute approximate surface area is 247 Å². The second-order valence-electron chi connectivity index (χ2n) is 9.78. The summed E-state index contributed by atoms with van der Waals surface area (Å²) in [7, 11) is 4.49. The molecule has 0 aliphatic carbocycles. The van der Waals surface area contributed by atoms with Crippen molar-refractivity contribution in [3.05, 3.63) is 78.5 Å². The number of para-hydroxylation sites is 1. The number of rotatable bonds is 9. The summed E-state index contributed by atoms with van der Waals surface area (Å²) in [6.45, 7) is 6.18. The molecule has 2 aliphatic heterocycles. The molecule has 1 amide bonds. The van der Waals surface area contributed by atoms with E-state index < -0.39 is 17.6 Å². The molecule has 0 spiro atoms. The predicted octanol–water partition coefficient (Wildman–Crippen LogP) is 3.34. The van der Waals surface area contributed by atoms with Crippen molar-refractivity contribution in [3.8, 4) is 17.2 Å². The molecule has 10 nitrogen and oxygen atoms in total. The zero-order valence-corrected chi connectivity index (χ0v) is 25.3. The van der Waals surface area contributed by atoms with Gasteiger partial charge in [0.2, 0.25) is 5.75 Å². The zero-order chi connectivity index (χ0) is 30.1. The first-order valence-corrected chi connectivity index (χ1v) is 14.6. The van der Waals surface area contributed by atoms with E-state index in [-0.39, 0.29) is 22.6 Å². The predicted molar refractivity (Wildman–Crippen MR) is 159 cm³/mol. The first-order valence-electron chi connectivity index (χ1n) is 13.7. The lowest BCUT2D eigenvalue weighted by molar-refractivity contribution is -0.139. The average molecular weight is 592 g/mol. The molecule has 3 aromatic rings. The van der Waals surface area contributed by atoms with Crippen LogP contribution in [-0.2, 0) is 14.3 Å². The summed E-state index contributed by atoms with van der Waals surface area (Å²) in [6.07, 6.45) is 1.76. The maximum atomic E-state index is 14.4. The number of carbonyl (C=O) groups is 2. The van der Waals surface area contributed by atoms with Gasteiger partial charge in [0, 0.05) is 12.1 Å². The molecule has 1 unspecified atom stereocenters. The minimum absolute atomic E-state index is 0.144. The third-order valence-electron chi connectivity index (χ3n) is 7.38. The molecule has 0 bridgehead atoms. The molecule has 11 heteroatoms. The highest BCUT2D eigenvalue weighted by atomic mass is 32.1. The molecule has 0 saturated heterocycles. The van der Waals surface area contributed by atoms with Gasteiger partial charge in [0.05, 0.1) is 56.5 Å². The molecule has 5 rings (SSSR count). The lowest BCUT2D eigenvalue weighted by Gasteiger charge is -2.26. The summed E-state index contributed by atoms with van der Waals surface area (Å²) < 4.78 is 23.8. The fraction of sp³-hybridized carbons (Fsp3) is 0.355. The fourth-order valence-electron chi connectivity index (χ4n) is 5.45. The Morgan fingerprint density at radius 2 is 1.71 bits per heavy atom. The van der Waals surface area contributed by atoms with E-state index in [2.05, 4.69) is 11.9 Å². The van der Waals surface area contributed by atoms with Crippen molar-refractivity contribution in [1.82, 2.24) is 4.57 Å². The van der Waals surface area contributed by atoms with Crippen molar-refractivity contribution in [2.24, 2.45) is 4.99 Å². The summed E-state index contributed by atoms with van der Waals surface area (Å²) in [4.78, 5) is 48.3. The summed E-state index contributed by atoms with van der Waals surface area (Å²) >= 11 is 1.14. The van der Waals surface area contributed by atoms with Gasteiger partial charge in [-0.15, -0.1) is 0 Å². The van der Waals surface area contributed by atoms with Gasteiger partial charge in [-0.1, -0.05) is 42.9 Å². The molecular formula is C31H33N3O7S. The van der Waals surface area contributed by atoms with E-state index in [0.29, 0.717) is 51.0 Å². The molecule has 1 atom stereocenters. The van der Waals surface area contributed by atoms with Crippen LogP contribution in [0.2, 0.25) is 0 Å². The summed E-state index contributed by atoms with van der Waals surface area (Å²) in [5.74, 6) is 0.281. The van der Waals surface area contributed by atoms with Gasteiger partial charge in [-0.05, 0) is 44.0 Å². The molecule has 2 aromatic carbocycles. The molecule has 42 heavy (non-hydrogen) atoms. The summed E-state index contributed by atoms with van der Waals surface area (Å²) in [6, 6.07) is 9.97. The smallest absolute Gasteiger partial charge is 0.338 e. The van der Waals surface area contributed by atoms with Gasteiger partial charge in [-0.3, -0.25) is 14.2 Å². The average Bonchev–Trinajstić information content (AvgIpc) is 3.46. The summed E-state index contributed by atoms with van der Waals surface area (Å²) in [5.41, 5.74) is 2.54. The topological polar surface area (TPSA) is 109 Å². The Kier molecular flexibility index (Phi) is 8.22. The van der Waals surface area contributed by atoms with Crippen LogP contribution in [0.4, 0.5) is 5.69 Å². The molecule has 0 saturated carbocycles. The standard InChI is InChI=1S/C31H33N3O7S/c1-7-9-14-33-20-13-11-10-12-19(20)24(28(33)35)27-29(36)34-25(18-15-21(38-4)26(40-6)22(16-18)39-5)23(30(37)41-8-2)17(3)32-31(34)42-27/h10-13,15-16,25H,7-9,14H2,1-6H3/b27-24+. The normalized spacial score (nSPS) is 17.0. The Bertz CT molecular complexity index is 1760. The van der Waals surface area contributed by atoms with Gasteiger partial charge in [-0.25, -0.2) is 9.79 Å². The number of unbranched alkanes of at least 4 members (excludes halogenated alkanes) is 1. The van der Waals surface area contributed by atoms with E-state index in [4.69, 9.17) is 18.9 Å². The minimum atomic E-state index is -0.925. The highest BCUT2D eigenvalue weighted by Crippen LogP contribution is 2.42. The molecule has 1 aromatic heterocycles. The van der Waals surface area contributed by atoms with E-state index >= 15 is 0 Å². The second-order valence-corrected chi connectivity index (χ2v) is 10.8. The molecule has 220 valence electrons. The maximum Gasteiger partial charge on any atom is 0.338 e. The van der Waals surface area contributed by atoms with Crippen LogP contribution in [-0.4, -0.2) is 50.9 Å². The first-order chi connectivity index (χ1) is 20.3. The fourth-order valence-corrected chi connectivity index (χ4v) is 6.59. The molecule has 2 aliphatic rings. The van der Waals surface area contributed by atoms with E-state index in [1.165, 1.54) is 25.9 Å². The van der Waals surface area contributed by atoms with Gasteiger partial charge in [0.1, 0.15) is 4.53 Å². The summed E-state index contributed by atoms with van der Waals surface area (Å²) in [5, 5.41) is 0. The Hall–Kier alpha value is -4.38. The number of esters is 1. The van der Waals surface area contributed by atoms with Crippen molar-refractivity contribution in [2.45, 2.75) is 39.7 Å². The van der Waals surface area contributed by atoms with Gasteiger partial charge in [0.15, 0.2) is 16.3 Å². The molecule has 0 N–H and O–H groups in total. The number of ether oxygens (including phenoxy) is 4. The third-order valence-corrected chi connectivity index (χ3v) is 8.43. The monoisotopic (exact) mass is 591 g/mol. The van der Waals surface area contributed by atoms with Crippen LogP contribution >= 0.6 is 11.3 Å². The zero-order valence-electron chi connectivity index (χ0n) is 24.5. The van der Waals surface area contributed by atoms with Gasteiger partial charge in [0.25, 0.3) is 11.5 Å². The Morgan fingerprint density at radius 3 is 2.33 bits per heavy atom. The van der Waals surface area contributed by atoms with Crippen LogP contribution in [0.15, 0.2) is 57.5 Å². The number of fused-ring (bicyclic) bond motifs is 2. The van der Waals surface area contributed by atoms with Crippen LogP contribution in [0.1, 0.15) is 50.8 Å². The Balaban J connectivity index is 1.82. The minimum Gasteiger partial charge on any atom is -0.493 e. The molecule has 3 heterocycles. The largest absolute Gasteiger partial charge is 0.493 e. The highest BCUT2D eigenvalue weighted by molar-refractivity contribution is 7.07. The van der Waals surface area contributed by atoms with Crippen molar-refractivity contribution in [2.75, 3.05) is 39.4 Å². The third kappa shape index (κ3) is 4.67. The van der Waals surface area contributed by atoms with E-state index in [9.17, 15) is 14.4 Å². The van der Waals surface area contributed by atoms with Crippen LogP contribution in [0, 0.1) is 0 Å². The van der Waals surface area contributed by atoms with Crippen LogP contribution in [0.5, 0.6) is 17.2 Å². The van der Waals surface area contributed by atoms with E-state index in [0.717, 1.165) is 29.9 Å². The van der Waals surface area contributed by atoms with Gasteiger partial charge < -0.3 is 23.8 Å². The molecular weight excluding hydrogens is 558 g/mol. The number of thiazole rings is 1. The number of benzene rings is 2.